The topological polar surface area (TPSA) is 30.9 Å². The highest BCUT2D eigenvalue weighted by atomic mass is 35.5. The van der Waals surface area contributed by atoms with Crippen molar-refractivity contribution in [1.29, 1.82) is 0 Å². The summed E-state index contributed by atoms with van der Waals surface area (Å²) < 4.78 is 18.5. The molecule has 0 aromatic heterocycles. The van der Waals surface area contributed by atoms with Crippen molar-refractivity contribution < 1.29 is 14.2 Å². The molecule has 1 aliphatic heterocycles. The van der Waals surface area contributed by atoms with Crippen LogP contribution in [0.15, 0.2) is 78.9 Å². The van der Waals surface area contributed by atoms with Gasteiger partial charge in [0.05, 0.1) is 13.2 Å². The minimum Gasteiger partial charge on any atom is -0.490 e. The Morgan fingerprint density at radius 3 is 2.48 bits per heavy atom. The Kier molecular flexibility index (Phi) is 7.47. The molecule has 31 heavy (non-hydrogen) atoms. The zero-order valence-corrected chi connectivity index (χ0v) is 18.5. The molecule has 1 saturated heterocycles. The lowest BCUT2D eigenvalue weighted by molar-refractivity contribution is -0.0843. The first-order valence-electron chi connectivity index (χ1n) is 10.7. The fourth-order valence-corrected chi connectivity index (χ4v) is 4.05. The van der Waals surface area contributed by atoms with Gasteiger partial charge in [-0.2, -0.15) is 0 Å². The Morgan fingerprint density at radius 2 is 1.74 bits per heavy atom. The van der Waals surface area contributed by atoms with Crippen molar-refractivity contribution in [2.45, 2.75) is 25.7 Å². The van der Waals surface area contributed by atoms with Gasteiger partial charge < -0.3 is 14.2 Å². The molecule has 4 rings (SSSR count). The summed E-state index contributed by atoms with van der Waals surface area (Å²) in [6.45, 7) is 5.74. The molecule has 0 radical (unpaired) electrons. The summed E-state index contributed by atoms with van der Waals surface area (Å²) in [6.07, 6.45) is -0.370. The minimum atomic E-state index is -0.264. The van der Waals surface area contributed by atoms with Gasteiger partial charge in [-0.15, -0.1) is 0 Å². The van der Waals surface area contributed by atoms with E-state index in [9.17, 15) is 0 Å². The highest BCUT2D eigenvalue weighted by Crippen LogP contribution is 2.36. The van der Waals surface area contributed by atoms with Crippen molar-refractivity contribution >= 4 is 11.6 Å². The molecule has 1 heterocycles. The monoisotopic (exact) mass is 437 g/mol. The molecule has 3 aromatic carbocycles. The van der Waals surface area contributed by atoms with E-state index < -0.39 is 0 Å². The standard InChI is InChI=1S/C26H28ClNO3/c1-2-29-24-17-22(27)13-14-23(24)31-26(21-11-7-4-8-12-21)25-19-28(15-16-30-25)18-20-9-5-3-6-10-20/h3-14,17,25-26H,2,15-16,18-19H2,1H3/t25-,26-/m1/s1. The smallest absolute Gasteiger partial charge is 0.162 e. The van der Waals surface area contributed by atoms with Crippen LogP contribution in [0, 0.1) is 0 Å². The van der Waals surface area contributed by atoms with Gasteiger partial charge in [0.15, 0.2) is 17.6 Å². The lowest BCUT2D eigenvalue weighted by Gasteiger charge is -2.37. The van der Waals surface area contributed by atoms with Crippen LogP contribution in [0.1, 0.15) is 24.2 Å². The van der Waals surface area contributed by atoms with Crippen molar-refractivity contribution in [3.8, 4) is 11.5 Å². The summed E-state index contributed by atoms with van der Waals surface area (Å²) in [7, 11) is 0. The number of nitrogens with zero attached hydrogens (tertiary/aromatic N) is 1. The summed E-state index contributed by atoms with van der Waals surface area (Å²) >= 11 is 6.18. The van der Waals surface area contributed by atoms with Crippen molar-refractivity contribution in [2.75, 3.05) is 26.3 Å². The molecule has 0 spiro atoms. The fraction of sp³-hybridized carbons (Fsp3) is 0.308. The van der Waals surface area contributed by atoms with Crippen LogP contribution >= 0.6 is 11.6 Å². The van der Waals surface area contributed by atoms with E-state index in [1.54, 1.807) is 6.07 Å². The fourth-order valence-electron chi connectivity index (χ4n) is 3.89. The van der Waals surface area contributed by atoms with E-state index in [4.69, 9.17) is 25.8 Å². The van der Waals surface area contributed by atoms with Crippen molar-refractivity contribution in [1.82, 2.24) is 4.90 Å². The second kappa shape index (κ2) is 10.7. The zero-order chi connectivity index (χ0) is 21.5. The summed E-state index contributed by atoms with van der Waals surface area (Å²) in [5, 5.41) is 0.620. The molecule has 1 aliphatic rings. The van der Waals surface area contributed by atoms with Gasteiger partial charge in [-0.05, 0) is 30.2 Å². The Labute approximate surface area is 189 Å². The maximum atomic E-state index is 6.54. The summed E-state index contributed by atoms with van der Waals surface area (Å²) in [5.41, 5.74) is 2.38. The van der Waals surface area contributed by atoms with Crippen LogP contribution in [0.2, 0.25) is 5.02 Å². The molecule has 4 nitrogen and oxygen atoms in total. The summed E-state index contributed by atoms with van der Waals surface area (Å²) in [6, 6.07) is 26.3. The van der Waals surface area contributed by atoms with Crippen molar-refractivity contribution in [2.24, 2.45) is 0 Å². The number of ether oxygens (including phenoxy) is 3. The number of halogens is 1. The van der Waals surface area contributed by atoms with Crippen LogP contribution in [0.4, 0.5) is 0 Å². The molecular weight excluding hydrogens is 410 g/mol. The van der Waals surface area contributed by atoms with Crippen LogP contribution in [0.25, 0.3) is 0 Å². The first-order valence-corrected chi connectivity index (χ1v) is 11.1. The van der Waals surface area contributed by atoms with E-state index in [2.05, 4.69) is 41.3 Å². The molecule has 2 atom stereocenters. The molecule has 0 aliphatic carbocycles. The Bertz CT molecular complexity index is 951. The van der Waals surface area contributed by atoms with Crippen LogP contribution in [-0.2, 0) is 11.3 Å². The van der Waals surface area contributed by atoms with Crippen molar-refractivity contribution in [3.63, 3.8) is 0 Å². The van der Waals surface area contributed by atoms with E-state index in [1.807, 2.05) is 43.3 Å². The molecule has 0 unspecified atom stereocenters. The number of hydrogen-bond donors (Lipinski definition) is 0. The van der Waals surface area contributed by atoms with Crippen molar-refractivity contribution in [3.05, 3.63) is 95.0 Å². The van der Waals surface area contributed by atoms with E-state index in [-0.39, 0.29) is 12.2 Å². The van der Waals surface area contributed by atoms with Crippen LogP contribution in [0.5, 0.6) is 11.5 Å². The molecule has 0 amide bonds. The first kappa shape index (κ1) is 21.7. The maximum Gasteiger partial charge on any atom is 0.162 e. The van der Waals surface area contributed by atoms with Gasteiger partial charge >= 0.3 is 0 Å². The van der Waals surface area contributed by atoms with Gasteiger partial charge in [-0.25, -0.2) is 0 Å². The van der Waals surface area contributed by atoms with E-state index in [0.29, 0.717) is 29.7 Å². The molecule has 0 saturated carbocycles. The number of benzene rings is 3. The minimum absolute atomic E-state index is 0.106. The molecule has 0 bridgehead atoms. The normalized spacial score (nSPS) is 17.8. The van der Waals surface area contributed by atoms with Crippen LogP contribution in [0.3, 0.4) is 0 Å². The average Bonchev–Trinajstić information content (AvgIpc) is 2.80. The molecule has 1 fully saturated rings. The lowest BCUT2D eigenvalue weighted by Crippen LogP contribution is -2.45. The Balaban J connectivity index is 1.57. The number of hydrogen-bond acceptors (Lipinski definition) is 4. The SMILES string of the molecule is CCOc1cc(Cl)ccc1O[C@H](c1ccccc1)[C@H]1CN(Cc2ccccc2)CCO1. The third-order valence-electron chi connectivity index (χ3n) is 5.35. The molecule has 0 N–H and O–H groups in total. The van der Waals surface area contributed by atoms with Gasteiger partial charge in [0, 0.05) is 30.7 Å². The average molecular weight is 438 g/mol. The summed E-state index contributed by atoms with van der Waals surface area (Å²) in [4.78, 5) is 2.42. The predicted octanol–water partition coefficient (Wildman–Crippen LogP) is 5.76. The lowest BCUT2D eigenvalue weighted by atomic mass is 10.0. The maximum absolute atomic E-state index is 6.54. The van der Waals surface area contributed by atoms with E-state index in [1.165, 1.54) is 5.56 Å². The zero-order valence-electron chi connectivity index (χ0n) is 17.7. The van der Waals surface area contributed by atoms with Gasteiger partial charge in [-0.3, -0.25) is 4.90 Å². The van der Waals surface area contributed by atoms with Gasteiger partial charge in [0.1, 0.15) is 6.10 Å². The van der Waals surface area contributed by atoms with Gasteiger partial charge in [0.25, 0.3) is 0 Å². The highest BCUT2D eigenvalue weighted by Gasteiger charge is 2.31. The first-order chi connectivity index (χ1) is 15.2. The number of morpholine rings is 1. The third kappa shape index (κ3) is 5.79. The predicted molar refractivity (Wildman–Crippen MR) is 124 cm³/mol. The second-order valence-electron chi connectivity index (χ2n) is 7.60. The summed E-state index contributed by atoms with van der Waals surface area (Å²) in [5.74, 6) is 1.32. The second-order valence-corrected chi connectivity index (χ2v) is 8.04. The molecule has 162 valence electrons. The Hall–Kier alpha value is -2.53. The Morgan fingerprint density at radius 1 is 1.00 bits per heavy atom. The number of rotatable bonds is 8. The molecule has 5 heteroatoms. The molecule has 3 aromatic rings. The highest BCUT2D eigenvalue weighted by molar-refractivity contribution is 6.30. The van der Waals surface area contributed by atoms with E-state index in [0.717, 1.165) is 25.2 Å². The largest absolute Gasteiger partial charge is 0.490 e. The van der Waals surface area contributed by atoms with Gasteiger partial charge in [-0.1, -0.05) is 72.3 Å². The van der Waals surface area contributed by atoms with Crippen LogP contribution in [-0.4, -0.2) is 37.3 Å². The van der Waals surface area contributed by atoms with Gasteiger partial charge in [0.2, 0.25) is 0 Å². The van der Waals surface area contributed by atoms with E-state index >= 15 is 0 Å². The third-order valence-corrected chi connectivity index (χ3v) is 5.59. The molecular formula is C26H28ClNO3. The van der Waals surface area contributed by atoms with Crippen LogP contribution < -0.4 is 9.47 Å². The quantitative estimate of drug-likeness (QED) is 0.448.